The molecule has 1 aromatic carbocycles. The minimum Gasteiger partial charge on any atom is -0.454 e. The predicted molar refractivity (Wildman–Crippen MR) is 75.9 cm³/mol. The maximum Gasteiger partial charge on any atom is 0.231 e. The Bertz CT molecular complexity index is 465. The Morgan fingerprint density at radius 3 is 2.55 bits per heavy atom. The Kier molecular flexibility index (Phi) is 3.92. The normalized spacial score (nSPS) is 27.8. The Morgan fingerprint density at radius 2 is 1.85 bits per heavy atom. The number of hydrogen-bond acceptors (Lipinski definition) is 4. The third kappa shape index (κ3) is 2.80. The van der Waals surface area contributed by atoms with E-state index in [1.54, 1.807) is 0 Å². The third-order valence-electron chi connectivity index (χ3n) is 4.47. The summed E-state index contributed by atoms with van der Waals surface area (Å²) in [6.45, 7) is 1.56. The largest absolute Gasteiger partial charge is 0.454 e. The van der Waals surface area contributed by atoms with Crippen molar-refractivity contribution in [1.82, 2.24) is 4.90 Å². The van der Waals surface area contributed by atoms with Crippen LogP contribution in [0.1, 0.15) is 25.7 Å². The highest BCUT2D eigenvalue weighted by molar-refractivity contribution is 5.80. The molecule has 0 aromatic heterocycles. The molecule has 108 valence electrons. The summed E-state index contributed by atoms with van der Waals surface area (Å²) < 4.78 is 10.2. The van der Waals surface area contributed by atoms with Crippen LogP contribution in [0.3, 0.4) is 0 Å². The molecule has 0 amide bonds. The van der Waals surface area contributed by atoms with Gasteiger partial charge in [0, 0.05) is 18.9 Å². The van der Waals surface area contributed by atoms with E-state index in [0.29, 0.717) is 18.6 Å². The second-order valence-corrected chi connectivity index (χ2v) is 5.73. The second-order valence-electron chi connectivity index (χ2n) is 5.73. The molecule has 20 heavy (non-hydrogen) atoms. The Labute approximate surface area is 119 Å². The van der Waals surface area contributed by atoms with Crippen LogP contribution in [-0.4, -0.2) is 37.1 Å². The quantitative estimate of drug-likeness (QED) is 0.729. The maximum atomic E-state index is 11.1. The summed E-state index contributed by atoms with van der Waals surface area (Å²) in [5, 5.41) is 0. The zero-order valence-corrected chi connectivity index (χ0v) is 11.9. The van der Waals surface area contributed by atoms with Gasteiger partial charge in [0.05, 0.1) is 0 Å². The minimum atomic E-state index is 0.360. The van der Waals surface area contributed by atoms with E-state index in [1.807, 2.05) is 24.3 Å². The molecule has 3 aliphatic rings. The van der Waals surface area contributed by atoms with Crippen molar-refractivity contribution in [2.45, 2.75) is 31.7 Å². The smallest absolute Gasteiger partial charge is 0.231 e. The van der Waals surface area contributed by atoms with Crippen LogP contribution < -0.4 is 9.47 Å². The lowest BCUT2D eigenvalue weighted by molar-refractivity contribution is -0.122. The standard InChI is InChI=1S/C9H15NO.C7H6O2/c1-10-5-4-7-2-3-8(11)6-9(7)10;1-2-4-7-6(3-1)8-5-9-7/h7,9H,2-6H2,1H3;1-4H,5H2. The number of ether oxygens (including phenoxy) is 2. The summed E-state index contributed by atoms with van der Waals surface area (Å²) >= 11 is 0. The van der Waals surface area contributed by atoms with Crippen molar-refractivity contribution in [2.75, 3.05) is 20.4 Å². The zero-order chi connectivity index (χ0) is 13.9. The van der Waals surface area contributed by atoms with Crippen LogP contribution in [-0.2, 0) is 4.79 Å². The molecule has 4 heteroatoms. The van der Waals surface area contributed by atoms with E-state index in [-0.39, 0.29) is 0 Å². The van der Waals surface area contributed by atoms with Crippen LogP contribution in [0.5, 0.6) is 11.5 Å². The van der Waals surface area contributed by atoms with Crippen LogP contribution in [0.15, 0.2) is 24.3 Å². The number of nitrogens with zero attached hydrogens (tertiary/aromatic N) is 1. The average molecular weight is 275 g/mol. The van der Waals surface area contributed by atoms with Gasteiger partial charge in [-0.3, -0.25) is 4.79 Å². The van der Waals surface area contributed by atoms with Crippen LogP contribution in [0.25, 0.3) is 0 Å². The first kappa shape index (κ1) is 13.4. The number of fused-ring (bicyclic) bond motifs is 2. The van der Waals surface area contributed by atoms with Gasteiger partial charge >= 0.3 is 0 Å². The van der Waals surface area contributed by atoms with Gasteiger partial charge in [0.2, 0.25) is 6.79 Å². The molecular weight excluding hydrogens is 254 g/mol. The van der Waals surface area contributed by atoms with Crippen molar-refractivity contribution in [3.05, 3.63) is 24.3 Å². The van der Waals surface area contributed by atoms with Crippen molar-refractivity contribution in [1.29, 1.82) is 0 Å². The molecule has 2 heterocycles. The summed E-state index contributed by atoms with van der Waals surface area (Å²) in [6.07, 6.45) is 4.12. The summed E-state index contributed by atoms with van der Waals surface area (Å²) in [7, 11) is 2.14. The van der Waals surface area contributed by atoms with Crippen LogP contribution in [0.4, 0.5) is 0 Å². The summed E-state index contributed by atoms with van der Waals surface area (Å²) in [4.78, 5) is 13.5. The Morgan fingerprint density at radius 1 is 1.15 bits per heavy atom. The summed E-state index contributed by atoms with van der Waals surface area (Å²) in [5.74, 6) is 2.99. The van der Waals surface area contributed by atoms with Crippen LogP contribution in [0, 0.1) is 5.92 Å². The molecule has 2 fully saturated rings. The number of Topliss-reactive ketones (excluding diaryl/α,β-unsaturated/α-hetero) is 1. The van der Waals surface area contributed by atoms with Gasteiger partial charge in [0.15, 0.2) is 11.5 Å². The van der Waals surface area contributed by atoms with E-state index in [1.165, 1.54) is 13.0 Å². The van der Waals surface area contributed by atoms with Gasteiger partial charge in [-0.2, -0.15) is 0 Å². The topological polar surface area (TPSA) is 38.8 Å². The molecule has 2 atom stereocenters. The molecule has 1 saturated carbocycles. The molecule has 0 spiro atoms. The van der Waals surface area contributed by atoms with Crippen molar-refractivity contribution >= 4 is 5.78 Å². The summed E-state index contributed by atoms with van der Waals surface area (Å²) in [5.41, 5.74) is 0. The monoisotopic (exact) mass is 275 g/mol. The molecule has 4 rings (SSSR count). The average Bonchev–Trinajstić information content (AvgIpc) is 3.07. The van der Waals surface area contributed by atoms with Gasteiger partial charge in [0.1, 0.15) is 5.78 Å². The number of carbonyl (C=O) groups is 1. The first-order valence-corrected chi connectivity index (χ1v) is 7.30. The number of ketones is 1. The second kappa shape index (κ2) is 5.83. The van der Waals surface area contributed by atoms with Gasteiger partial charge in [-0.1, -0.05) is 12.1 Å². The molecule has 4 nitrogen and oxygen atoms in total. The molecule has 2 aliphatic heterocycles. The molecule has 0 bridgehead atoms. The van der Waals surface area contributed by atoms with E-state index in [2.05, 4.69) is 11.9 Å². The Hall–Kier alpha value is -1.55. The van der Waals surface area contributed by atoms with Crippen molar-refractivity contribution in [3.63, 3.8) is 0 Å². The molecular formula is C16H21NO3. The highest BCUT2D eigenvalue weighted by atomic mass is 16.7. The third-order valence-corrected chi connectivity index (χ3v) is 4.47. The lowest BCUT2D eigenvalue weighted by Crippen LogP contribution is -2.35. The first-order chi connectivity index (χ1) is 9.74. The number of para-hydroxylation sites is 2. The minimum absolute atomic E-state index is 0.360. The van der Waals surface area contributed by atoms with E-state index < -0.39 is 0 Å². The number of hydrogen-bond donors (Lipinski definition) is 0. The van der Waals surface area contributed by atoms with Crippen LogP contribution >= 0.6 is 0 Å². The van der Waals surface area contributed by atoms with Crippen LogP contribution in [0.2, 0.25) is 0 Å². The number of likely N-dealkylation sites (tertiary alicyclic amines) is 1. The highest BCUT2D eigenvalue weighted by Crippen LogP contribution is 2.33. The van der Waals surface area contributed by atoms with Crippen molar-refractivity contribution in [3.8, 4) is 11.5 Å². The van der Waals surface area contributed by atoms with Crippen molar-refractivity contribution < 1.29 is 14.3 Å². The van der Waals surface area contributed by atoms with E-state index in [0.717, 1.165) is 36.7 Å². The molecule has 0 N–H and O–H groups in total. The SMILES string of the molecule is CN1CCC2CCC(=O)CC21.c1ccc2c(c1)OCO2. The molecule has 1 aromatic rings. The number of rotatable bonds is 0. The number of carbonyl (C=O) groups excluding carboxylic acids is 1. The lowest BCUT2D eigenvalue weighted by Gasteiger charge is -2.28. The maximum absolute atomic E-state index is 11.1. The van der Waals surface area contributed by atoms with Gasteiger partial charge in [-0.05, 0) is 44.5 Å². The fraction of sp³-hybridized carbons (Fsp3) is 0.562. The fourth-order valence-corrected chi connectivity index (χ4v) is 3.27. The molecule has 1 saturated heterocycles. The van der Waals surface area contributed by atoms with Crippen molar-refractivity contribution in [2.24, 2.45) is 5.92 Å². The predicted octanol–water partition coefficient (Wildman–Crippen LogP) is 2.48. The van der Waals surface area contributed by atoms with E-state index in [9.17, 15) is 4.79 Å². The Balaban J connectivity index is 0.000000123. The summed E-state index contributed by atoms with van der Waals surface area (Å²) in [6, 6.07) is 8.22. The number of benzene rings is 1. The highest BCUT2D eigenvalue weighted by Gasteiger charge is 2.36. The van der Waals surface area contributed by atoms with Gasteiger partial charge in [0.25, 0.3) is 0 Å². The van der Waals surface area contributed by atoms with Gasteiger partial charge < -0.3 is 14.4 Å². The fourth-order valence-electron chi connectivity index (χ4n) is 3.27. The molecule has 0 radical (unpaired) electrons. The molecule has 1 aliphatic carbocycles. The van der Waals surface area contributed by atoms with Gasteiger partial charge in [-0.25, -0.2) is 0 Å². The zero-order valence-electron chi connectivity index (χ0n) is 11.9. The van der Waals surface area contributed by atoms with E-state index >= 15 is 0 Å². The first-order valence-electron chi connectivity index (χ1n) is 7.30. The van der Waals surface area contributed by atoms with Gasteiger partial charge in [-0.15, -0.1) is 0 Å². The van der Waals surface area contributed by atoms with E-state index in [4.69, 9.17) is 9.47 Å². The lowest BCUT2D eigenvalue weighted by atomic mass is 9.84. The molecule has 2 unspecified atom stereocenters.